The van der Waals surface area contributed by atoms with Crippen LogP contribution < -0.4 is 10.6 Å². The average molecular weight is 347 g/mol. The third-order valence-corrected chi connectivity index (χ3v) is 5.88. The van der Waals surface area contributed by atoms with Crippen molar-refractivity contribution in [2.45, 2.75) is 44.7 Å². The van der Waals surface area contributed by atoms with E-state index >= 15 is 0 Å². The first-order chi connectivity index (χ1) is 10.9. The highest BCUT2D eigenvalue weighted by Gasteiger charge is 2.48. The quantitative estimate of drug-likeness (QED) is 0.491. The highest BCUT2D eigenvalue weighted by atomic mass is 32.2. The Morgan fingerprint density at radius 2 is 2.04 bits per heavy atom. The van der Waals surface area contributed by atoms with Crippen molar-refractivity contribution < 1.29 is 22.7 Å². The van der Waals surface area contributed by atoms with Gasteiger partial charge in [0.1, 0.15) is 0 Å². The Morgan fingerprint density at radius 1 is 1.30 bits per heavy atom. The average Bonchev–Trinajstić information content (AvgIpc) is 2.89. The number of amides is 3. The lowest BCUT2D eigenvalue weighted by atomic mass is 10.1. The lowest BCUT2D eigenvalue weighted by Crippen LogP contribution is -2.37. The monoisotopic (exact) mass is 347 g/mol. The van der Waals surface area contributed by atoms with Gasteiger partial charge in [-0.2, -0.15) is 0 Å². The molecule has 0 saturated carbocycles. The number of unbranched alkanes of at least 4 members (excludes halogenated alkanes) is 3. The minimum Gasteiger partial charge on any atom is -0.450 e. The SMILES string of the molecule is CCOC(=O)NCCCCCCN1C(=O)N[C@H]2CS(=O)(=O)C[C@H]21. The number of carbonyl (C=O) groups excluding carboxylic acids is 2. The molecule has 0 aromatic carbocycles. The number of hydrogen-bond acceptors (Lipinski definition) is 5. The van der Waals surface area contributed by atoms with E-state index in [1.807, 2.05) is 0 Å². The molecular weight excluding hydrogens is 322 g/mol. The lowest BCUT2D eigenvalue weighted by molar-refractivity contribution is 0.152. The molecule has 0 unspecified atom stereocenters. The van der Waals surface area contributed by atoms with Crippen LogP contribution in [0.1, 0.15) is 32.6 Å². The maximum Gasteiger partial charge on any atom is 0.407 e. The van der Waals surface area contributed by atoms with Gasteiger partial charge in [-0.3, -0.25) is 0 Å². The van der Waals surface area contributed by atoms with Gasteiger partial charge in [0.15, 0.2) is 9.84 Å². The van der Waals surface area contributed by atoms with E-state index in [2.05, 4.69) is 10.6 Å². The first kappa shape index (κ1) is 17.8. The Bertz CT molecular complexity index is 537. The molecule has 2 saturated heterocycles. The van der Waals surface area contributed by atoms with Crippen molar-refractivity contribution in [1.82, 2.24) is 15.5 Å². The highest BCUT2D eigenvalue weighted by molar-refractivity contribution is 7.91. The van der Waals surface area contributed by atoms with Crippen LogP contribution in [0.5, 0.6) is 0 Å². The van der Waals surface area contributed by atoms with Gasteiger partial charge < -0.3 is 20.3 Å². The van der Waals surface area contributed by atoms with E-state index in [0.29, 0.717) is 19.7 Å². The fourth-order valence-electron chi connectivity index (χ4n) is 3.07. The van der Waals surface area contributed by atoms with Crippen LogP contribution in [0.3, 0.4) is 0 Å². The van der Waals surface area contributed by atoms with E-state index in [9.17, 15) is 18.0 Å². The van der Waals surface area contributed by atoms with E-state index in [1.165, 1.54) is 0 Å². The molecule has 2 aliphatic rings. The largest absolute Gasteiger partial charge is 0.450 e. The zero-order chi connectivity index (χ0) is 16.9. The molecule has 0 aromatic heterocycles. The molecule has 0 aliphatic carbocycles. The molecule has 2 fully saturated rings. The van der Waals surface area contributed by atoms with Gasteiger partial charge in [-0.25, -0.2) is 18.0 Å². The highest BCUT2D eigenvalue weighted by Crippen LogP contribution is 2.24. The number of nitrogens with zero attached hydrogens (tertiary/aromatic N) is 1. The molecule has 0 bridgehead atoms. The fourth-order valence-corrected chi connectivity index (χ4v) is 4.99. The summed E-state index contributed by atoms with van der Waals surface area (Å²) in [7, 11) is -3.03. The number of sulfone groups is 1. The molecule has 0 aromatic rings. The first-order valence-electron chi connectivity index (χ1n) is 8.11. The van der Waals surface area contributed by atoms with Crippen molar-refractivity contribution in [3.8, 4) is 0 Å². The minimum absolute atomic E-state index is 0.0550. The van der Waals surface area contributed by atoms with Gasteiger partial charge in [0.25, 0.3) is 0 Å². The topological polar surface area (TPSA) is 105 Å². The zero-order valence-electron chi connectivity index (χ0n) is 13.4. The van der Waals surface area contributed by atoms with Crippen LogP contribution in [0, 0.1) is 0 Å². The van der Waals surface area contributed by atoms with Gasteiger partial charge in [-0.15, -0.1) is 0 Å². The number of fused-ring (bicyclic) bond motifs is 1. The van der Waals surface area contributed by atoms with Crippen molar-refractivity contribution in [3.05, 3.63) is 0 Å². The Labute approximate surface area is 136 Å². The van der Waals surface area contributed by atoms with Crippen molar-refractivity contribution in [2.24, 2.45) is 0 Å². The van der Waals surface area contributed by atoms with E-state index < -0.39 is 15.9 Å². The molecule has 0 spiro atoms. The van der Waals surface area contributed by atoms with Gasteiger partial charge in [0, 0.05) is 13.1 Å². The predicted octanol–water partition coefficient (Wildman–Crippen LogP) is 0.484. The van der Waals surface area contributed by atoms with Crippen molar-refractivity contribution in [2.75, 3.05) is 31.2 Å². The standard InChI is InChI=1S/C14H25N3O5S/c1-2-22-14(19)15-7-5-3-4-6-8-17-12-10-23(20,21)9-11(12)16-13(17)18/h11-12H,2-10H2,1H3,(H,15,19)(H,16,18)/t11-,12+/m0/s1. The maximum absolute atomic E-state index is 11.9. The smallest absolute Gasteiger partial charge is 0.407 e. The van der Waals surface area contributed by atoms with Crippen LogP contribution in [0.15, 0.2) is 0 Å². The van der Waals surface area contributed by atoms with Crippen LogP contribution in [-0.4, -0.2) is 68.7 Å². The molecule has 2 N–H and O–H groups in total. The van der Waals surface area contributed by atoms with Gasteiger partial charge in [-0.1, -0.05) is 12.8 Å². The number of carbonyl (C=O) groups is 2. The van der Waals surface area contributed by atoms with Crippen LogP contribution in [0.4, 0.5) is 9.59 Å². The second-order valence-electron chi connectivity index (χ2n) is 5.96. The Hall–Kier alpha value is -1.51. The number of rotatable bonds is 8. The Kier molecular flexibility index (Phi) is 6.09. The molecule has 3 amide bonds. The molecule has 2 rings (SSSR count). The summed E-state index contributed by atoms with van der Waals surface area (Å²) in [5, 5.41) is 5.41. The van der Waals surface area contributed by atoms with E-state index in [1.54, 1.807) is 11.8 Å². The summed E-state index contributed by atoms with van der Waals surface area (Å²) in [4.78, 5) is 24.6. The minimum atomic E-state index is -3.03. The number of urea groups is 1. The summed E-state index contributed by atoms with van der Waals surface area (Å²) >= 11 is 0. The third-order valence-electron chi connectivity index (χ3n) is 4.16. The lowest BCUT2D eigenvalue weighted by Gasteiger charge is -2.21. The molecule has 0 radical (unpaired) electrons. The number of ether oxygens (including phenoxy) is 1. The molecule has 2 atom stereocenters. The van der Waals surface area contributed by atoms with Gasteiger partial charge in [0.05, 0.1) is 30.2 Å². The first-order valence-corrected chi connectivity index (χ1v) is 9.93. The summed E-state index contributed by atoms with van der Waals surface area (Å²) in [5.74, 6) is 0.124. The number of alkyl carbamates (subject to hydrolysis) is 1. The van der Waals surface area contributed by atoms with E-state index in [-0.39, 0.29) is 29.6 Å². The number of nitrogens with one attached hydrogen (secondary N) is 2. The van der Waals surface area contributed by atoms with Crippen molar-refractivity contribution in [1.29, 1.82) is 0 Å². The molecule has 23 heavy (non-hydrogen) atoms. The fraction of sp³-hybridized carbons (Fsp3) is 0.857. The molecule has 2 aliphatic heterocycles. The molecule has 9 heteroatoms. The van der Waals surface area contributed by atoms with Crippen molar-refractivity contribution >= 4 is 22.0 Å². The molecule has 2 heterocycles. The maximum atomic E-state index is 11.9. The van der Waals surface area contributed by atoms with Gasteiger partial charge >= 0.3 is 12.1 Å². The van der Waals surface area contributed by atoms with E-state index in [4.69, 9.17) is 4.74 Å². The number of hydrogen-bond donors (Lipinski definition) is 2. The van der Waals surface area contributed by atoms with Crippen LogP contribution in [-0.2, 0) is 14.6 Å². The summed E-state index contributed by atoms with van der Waals surface area (Å²) < 4.78 is 28.0. The van der Waals surface area contributed by atoms with Crippen LogP contribution in [0.25, 0.3) is 0 Å². The predicted molar refractivity (Wildman–Crippen MR) is 85.0 cm³/mol. The summed E-state index contributed by atoms with van der Waals surface area (Å²) in [5.41, 5.74) is 0. The van der Waals surface area contributed by atoms with Crippen LogP contribution >= 0.6 is 0 Å². The van der Waals surface area contributed by atoms with E-state index in [0.717, 1.165) is 25.7 Å². The van der Waals surface area contributed by atoms with Crippen molar-refractivity contribution in [3.63, 3.8) is 0 Å². The molecule has 132 valence electrons. The summed E-state index contributed by atoms with van der Waals surface area (Å²) in [6.45, 7) is 3.27. The Morgan fingerprint density at radius 3 is 2.78 bits per heavy atom. The Balaban J connectivity index is 1.59. The second-order valence-corrected chi connectivity index (χ2v) is 8.11. The molecular formula is C14H25N3O5S. The summed E-state index contributed by atoms with van der Waals surface area (Å²) in [6, 6.07) is -0.613. The molecule has 8 nitrogen and oxygen atoms in total. The van der Waals surface area contributed by atoms with Gasteiger partial charge in [0.2, 0.25) is 0 Å². The summed E-state index contributed by atoms with van der Waals surface area (Å²) in [6.07, 6.45) is 3.16. The third kappa shape index (κ3) is 4.98. The second kappa shape index (κ2) is 7.85. The zero-order valence-corrected chi connectivity index (χ0v) is 14.2. The van der Waals surface area contributed by atoms with Gasteiger partial charge in [-0.05, 0) is 19.8 Å². The van der Waals surface area contributed by atoms with Crippen LogP contribution in [0.2, 0.25) is 0 Å². The normalized spacial score (nSPS) is 25.1.